The monoisotopic (exact) mass is 673 g/mol. The lowest BCUT2D eigenvalue weighted by Crippen LogP contribution is -2.56. The summed E-state index contributed by atoms with van der Waals surface area (Å²) >= 11 is 0. The maximum atomic E-state index is 13.9. The molecule has 14 heteroatoms. The van der Waals surface area contributed by atoms with E-state index in [1.807, 2.05) is 0 Å². The molecule has 0 aromatic heterocycles. The average molecular weight is 674 g/mol. The van der Waals surface area contributed by atoms with E-state index in [2.05, 4.69) is 0 Å². The van der Waals surface area contributed by atoms with E-state index < -0.39 is 114 Å². The molecular formula is C34H43NO13. The number of ketones is 3. The zero-order valence-corrected chi connectivity index (χ0v) is 27.4. The number of benzene rings is 1. The van der Waals surface area contributed by atoms with Gasteiger partial charge in [0.1, 0.15) is 29.0 Å². The Labute approximate surface area is 277 Å². The standard InChI is InChI=1S/C34H43NO13/c1-12(36)22-27(38)13(2)46-33(22)48-32-14(3)45-21(9-18(32)35)47-20-11-34(43,15(4)37)10-17-24(20)31(42)26-25(29(17)40)28(39)16-7-6-8-19(44-5)23(16)30(26)41/h6-8,12-14,18,20-22,25-27,32-33,36,38,40,42-43H,9-11,35H2,1-5H3/t12?,13?,14?,18?,20-,21?,22?,25?,26?,27?,32?,33?,34-/m0/s1. The van der Waals surface area contributed by atoms with Crippen molar-refractivity contribution in [3.63, 3.8) is 0 Å². The number of carbonyl (C=O) groups excluding carboxylic acids is 3. The van der Waals surface area contributed by atoms with Gasteiger partial charge < -0.3 is 55.0 Å². The van der Waals surface area contributed by atoms with E-state index in [9.17, 15) is 39.9 Å². The molecule has 262 valence electrons. The second-order valence-electron chi connectivity index (χ2n) is 13.6. The number of allylic oxidation sites excluding steroid dienone is 2. The van der Waals surface area contributed by atoms with Gasteiger partial charge >= 0.3 is 0 Å². The molecule has 2 heterocycles. The van der Waals surface area contributed by atoms with Crippen LogP contribution in [0.4, 0.5) is 0 Å². The van der Waals surface area contributed by atoms with Crippen molar-refractivity contribution in [1.82, 2.24) is 0 Å². The molecule has 1 aromatic carbocycles. The minimum Gasteiger partial charge on any atom is -0.511 e. The van der Waals surface area contributed by atoms with Crippen LogP contribution in [0.5, 0.6) is 5.75 Å². The quantitative estimate of drug-likeness (QED) is 0.241. The number of hydrogen-bond acceptors (Lipinski definition) is 14. The van der Waals surface area contributed by atoms with Crippen LogP contribution in [0.3, 0.4) is 0 Å². The molecule has 5 aliphatic rings. The summed E-state index contributed by atoms with van der Waals surface area (Å²) in [6, 6.07) is 3.79. The number of fused-ring (bicyclic) bond motifs is 3. The second-order valence-corrected chi connectivity index (χ2v) is 13.6. The molecular weight excluding hydrogens is 630 g/mol. The van der Waals surface area contributed by atoms with Crippen LogP contribution in [0.15, 0.2) is 40.9 Å². The molecule has 0 amide bonds. The molecule has 2 saturated heterocycles. The van der Waals surface area contributed by atoms with E-state index >= 15 is 0 Å². The van der Waals surface area contributed by atoms with Crippen LogP contribution in [0.1, 0.15) is 67.7 Å². The highest BCUT2D eigenvalue weighted by molar-refractivity contribution is 6.19. The smallest absolute Gasteiger partial charge is 0.179 e. The summed E-state index contributed by atoms with van der Waals surface area (Å²) in [4.78, 5) is 40.4. The summed E-state index contributed by atoms with van der Waals surface area (Å²) in [6.07, 6.45) is -7.89. The SMILES string of the molecule is COc1cccc2c1C(=O)C1C(O)=C3C(=C(O)C1C2=O)C[C@@](O)(C(C)=O)C[C@@H]3OC1CC(N)C(OC2OC(C)C(O)C2C(C)O)C(C)O1. The molecule has 13 atom stereocenters. The van der Waals surface area contributed by atoms with Gasteiger partial charge in [-0.25, -0.2) is 0 Å². The Morgan fingerprint density at radius 2 is 1.75 bits per heavy atom. The number of carbonyl (C=O) groups is 3. The molecule has 11 unspecified atom stereocenters. The predicted octanol–water partition coefficient (Wildman–Crippen LogP) is 1.39. The Bertz CT molecular complexity index is 1560. The largest absolute Gasteiger partial charge is 0.511 e. The van der Waals surface area contributed by atoms with Crippen LogP contribution in [-0.4, -0.2) is 111 Å². The number of ether oxygens (including phenoxy) is 5. The number of methoxy groups -OCH3 is 1. The summed E-state index contributed by atoms with van der Waals surface area (Å²) in [5.41, 5.74) is 4.44. The van der Waals surface area contributed by atoms with Crippen molar-refractivity contribution in [2.75, 3.05) is 7.11 Å². The number of hydrogen-bond donors (Lipinski definition) is 6. The van der Waals surface area contributed by atoms with Crippen LogP contribution in [0.25, 0.3) is 0 Å². The molecule has 1 aromatic rings. The number of nitrogens with two attached hydrogens (primary N) is 1. The molecule has 14 nitrogen and oxygen atoms in total. The molecule has 0 spiro atoms. The van der Waals surface area contributed by atoms with Gasteiger partial charge in [0.15, 0.2) is 29.9 Å². The summed E-state index contributed by atoms with van der Waals surface area (Å²) in [7, 11) is 1.35. The average Bonchev–Trinajstić information content (AvgIpc) is 3.31. The Morgan fingerprint density at radius 1 is 1.06 bits per heavy atom. The third-order valence-corrected chi connectivity index (χ3v) is 10.5. The van der Waals surface area contributed by atoms with E-state index in [-0.39, 0.29) is 40.9 Å². The fraction of sp³-hybridized carbons (Fsp3) is 0.618. The first-order valence-corrected chi connectivity index (χ1v) is 16.2. The normalized spacial score (nSPS) is 40.3. The van der Waals surface area contributed by atoms with Crippen molar-refractivity contribution in [2.45, 2.75) is 108 Å². The Morgan fingerprint density at radius 3 is 2.38 bits per heavy atom. The first-order chi connectivity index (χ1) is 22.6. The third-order valence-electron chi connectivity index (χ3n) is 10.5. The number of aliphatic hydroxyl groups excluding tert-OH is 4. The van der Waals surface area contributed by atoms with Crippen molar-refractivity contribution in [3.05, 3.63) is 52.0 Å². The molecule has 0 bridgehead atoms. The maximum Gasteiger partial charge on any atom is 0.179 e. The van der Waals surface area contributed by atoms with Crippen LogP contribution < -0.4 is 10.5 Å². The highest BCUT2D eigenvalue weighted by atomic mass is 16.7. The van der Waals surface area contributed by atoms with E-state index in [4.69, 9.17) is 29.4 Å². The lowest BCUT2D eigenvalue weighted by Gasteiger charge is -2.46. The van der Waals surface area contributed by atoms with Gasteiger partial charge in [-0.1, -0.05) is 12.1 Å². The Kier molecular flexibility index (Phi) is 9.09. The number of rotatable bonds is 7. The van der Waals surface area contributed by atoms with Crippen molar-refractivity contribution in [2.24, 2.45) is 23.5 Å². The van der Waals surface area contributed by atoms with Crippen molar-refractivity contribution in [3.8, 4) is 5.75 Å². The van der Waals surface area contributed by atoms with Gasteiger partial charge in [0.05, 0.1) is 60.9 Å². The zero-order valence-electron chi connectivity index (χ0n) is 27.4. The lowest BCUT2D eigenvalue weighted by molar-refractivity contribution is -0.277. The van der Waals surface area contributed by atoms with Gasteiger partial charge in [-0.3, -0.25) is 14.4 Å². The molecule has 2 aliphatic heterocycles. The Balaban J connectivity index is 1.30. The summed E-state index contributed by atoms with van der Waals surface area (Å²) in [5.74, 6) is -6.47. The van der Waals surface area contributed by atoms with Crippen LogP contribution in [0.2, 0.25) is 0 Å². The van der Waals surface area contributed by atoms with E-state index in [0.29, 0.717) is 0 Å². The fourth-order valence-electron chi connectivity index (χ4n) is 7.91. The topological polar surface area (TPSA) is 225 Å². The third kappa shape index (κ3) is 5.48. The first-order valence-electron chi connectivity index (χ1n) is 16.2. The van der Waals surface area contributed by atoms with Gasteiger partial charge in [0.25, 0.3) is 0 Å². The summed E-state index contributed by atoms with van der Waals surface area (Å²) < 4.78 is 29.7. The summed E-state index contributed by atoms with van der Waals surface area (Å²) in [6.45, 7) is 6.08. The lowest BCUT2D eigenvalue weighted by atomic mass is 9.63. The summed E-state index contributed by atoms with van der Waals surface area (Å²) in [5, 5.41) is 55.5. The van der Waals surface area contributed by atoms with Crippen molar-refractivity contribution >= 4 is 17.3 Å². The van der Waals surface area contributed by atoms with Crippen molar-refractivity contribution in [1.29, 1.82) is 0 Å². The molecule has 48 heavy (non-hydrogen) atoms. The van der Waals surface area contributed by atoms with E-state index in [1.54, 1.807) is 13.8 Å². The van der Waals surface area contributed by atoms with Crippen LogP contribution in [-0.2, 0) is 23.7 Å². The minimum atomic E-state index is -2.03. The first kappa shape index (κ1) is 34.6. The Hall–Kier alpha value is -3.21. The van der Waals surface area contributed by atoms with E-state index in [1.165, 1.54) is 39.2 Å². The molecule has 0 radical (unpaired) electrons. The molecule has 6 rings (SSSR count). The predicted molar refractivity (Wildman–Crippen MR) is 165 cm³/mol. The van der Waals surface area contributed by atoms with E-state index in [0.717, 1.165) is 0 Å². The zero-order chi connectivity index (χ0) is 35.0. The van der Waals surface area contributed by atoms with Crippen LogP contribution in [0, 0.1) is 17.8 Å². The molecule has 1 saturated carbocycles. The molecule has 3 aliphatic carbocycles. The highest BCUT2D eigenvalue weighted by Gasteiger charge is 2.56. The van der Waals surface area contributed by atoms with Gasteiger partial charge in [-0.05, 0) is 33.8 Å². The molecule has 3 fully saturated rings. The fourth-order valence-corrected chi connectivity index (χ4v) is 7.91. The number of Topliss-reactive ketones (excluding diaryl/α,β-unsaturated/α-hetero) is 3. The molecule has 7 N–H and O–H groups in total. The van der Waals surface area contributed by atoms with Crippen molar-refractivity contribution < 1.29 is 63.6 Å². The second kappa shape index (κ2) is 12.6. The maximum absolute atomic E-state index is 13.9. The minimum absolute atomic E-state index is 0.00974. The highest BCUT2D eigenvalue weighted by Crippen LogP contribution is 2.52. The van der Waals surface area contributed by atoms with Crippen LogP contribution >= 0.6 is 0 Å². The number of aliphatic hydroxyl groups is 5. The van der Waals surface area contributed by atoms with Gasteiger partial charge in [0.2, 0.25) is 0 Å². The van der Waals surface area contributed by atoms with Gasteiger partial charge in [-0.15, -0.1) is 0 Å². The van der Waals surface area contributed by atoms with Gasteiger partial charge in [0, 0.05) is 42.0 Å². The van der Waals surface area contributed by atoms with Gasteiger partial charge in [-0.2, -0.15) is 0 Å².